The monoisotopic (exact) mass is 384 g/mol. The molecule has 1 atom stereocenters. The van der Waals surface area contributed by atoms with E-state index >= 15 is 0 Å². The summed E-state index contributed by atoms with van der Waals surface area (Å²) in [6.07, 6.45) is 4.60. The number of likely N-dealkylation sites (tertiary alicyclic amines) is 1. The number of carbonyl (C=O) groups is 1. The highest BCUT2D eigenvalue weighted by molar-refractivity contribution is 7.11. The second-order valence-electron chi connectivity index (χ2n) is 7.36. The van der Waals surface area contributed by atoms with E-state index in [9.17, 15) is 9.90 Å². The van der Waals surface area contributed by atoms with Gasteiger partial charge in [-0.2, -0.15) is 5.10 Å². The van der Waals surface area contributed by atoms with Crippen LogP contribution in [0.1, 0.15) is 41.0 Å². The normalized spacial score (nSPS) is 21.6. The highest BCUT2D eigenvalue weighted by Gasteiger charge is 2.38. The Labute approximate surface area is 163 Å². The van der Waals surface area contributed by atoms with Gasteiger partial charge in [0.05, 0.1) is 28.5 Å². The van der Waals surface area contributed by atoms with Crippen LogP contribution in [0.4, 0.5) is 5.69 Å². The van der Waals surface area contributed by atoms with Crippen molar-refractivity contribution in [2.45, 2.75) is 44.2 Å². The van der Waals surface area contributed by atoms with Crippen molar-refractivity contribution in [2.75, 3.05) is 18.1 Å². The Morgan fingerprint density at radius 2 is 2.04 bits per heavy atom. The van der Waals surface area contributed by atoms with Crippen molar-refractivity contribution in [3.63, 3.8) is 0 Å². The molecule has 0 radical (unpaired) electrons. The first-order valence-electron chi connectivity index (χ1n) is 9.34. The van der Waals surface area contributed by atoms with Gasteiger partial charge in [0.2, 0.25) is 0 Å². The van der Waals surface area contributed by atoms with E-state index in [-0.39, 0.29) is 11.9 Å². The third-order valence-electron chi connectivity index (χ3n) is 5.49. The van der Waals surface area contributed by atoms with E-state index in [0.29, 0.717) is 37.2 Å². The molecule has 4 rings (SSSR count). The van der Waals surface area contributed by atoms with Crippen LogP contribution in [0.3, 0.4) is 0 Å². The summed E-state index contributed by atoms with van der Waals surface area (Å²) in [6, 6.07) is 10.2. The van der Waals surface area contributed by atoms with Gasteiger partial charge < -0.3 is 10.0 Å². The third-order valence-corrected chi connectivity index (χ3v) is 6.40. The van der Waals surface area contributed by atoms with E-state index in [1.165, 1.54) is 11.3 Å². The standard InChI is InChI=1S/C20H24N4O2S/c1-15-18(27-14-21-15)19(25)23-11-8-20(26,9-12-23)13-17-7-10-22-24(17)16-5-3-2-4-6-16/h2-6,10,14,17,26H,7-9,11-13H2,1H3. The Balaban J connectivity index is 1.38. The fourth-order valence-electron chi connectivity index (χ4n) is 3.90. The smallest absolute Gasteiger partial charge is 0.265 e. The predicted octanol–water partition coefficient (Wildman–Crippen LogP) is 3.07. The minimum atomic E-state index is -0.759. The number of anilines is 1. The van der Waals surface area contributed by atoms with Crippen LogP contribution in [0, 0.1) is 6.92 Å². The summed E-state index contributed by atoms with van der Waals surface area (Å²) in [6.45, 7) is 3.01. The fourth-order valence-corrected chi connectivity index (χ4v) is 4.67. The van der Waals surface area contributed by atoms with Crippen molar-refractivity contribution in [3.05, 3.63) is 46.4 Å². The number of thiazole rings is 1. The van der Waals surface area contributed by atoms with Crippen molar-refractivity contribution in [1.82, 2.24) is 9.88 Å². The number of rotatable bonds is 4. The molecule has 1 fully saturated rings. The number of piperidine rings is 1. The molecule has 1 aromatic heterocycles. The zero-order chi connectivity index (χ0) is 18.9. The van der Waals surface area contributed by atoms with E-state index in [1.54, 1.807) is 5.51 Å². The quantitative estimate of drug-likeness (QED) is 0.880. The van der Waals surface area contributed by atoms with Crippen molar-refractivity contribution >= 4 is 29.1 Å². The summed E-state index contributed by atoms with van der Waals surface area (Å²) in [5.41, 5.74) is 2.78. The van der Waals surface area contributed by atoms with E-state index in [4.69, 9.17) is 0 Å². The topological polar surface area (TPSA) is 69.0 Å². The molecule has 0 aliphatic carbocycles. The molecule has 2 aromatic rings. The molecule has 0 spiro atoms. The number of hydrogen-bond donors (Lipinski definition) is 1. The van der Waals surface area contributed by atoms with Crippen molar-refractivity contribution in [2.24, 2.45) is 5.10 Å². The summed E-state index contributed by atoms with van der Waals surface area (Å²) < 4.78 is 0. The lowest BCUT2D eigenvalue weighted by Crippen LogP contribution is -2.49. The van der Waals surface area contributed by atoms with Gasteiger partial charge in [0.15, 0.2) is 0 Å². The van der Waals surface area contributed by atoms with Crippen LogP contribution in [0.25, 0.3) is 0 Å². The van der Waals surface area contributed by atoms with Gasteiger partial charge >= 0.3 is 0 Å². The van der Waals surface area contributed by atoms with E-state index in [2.05, 4.69) is 10.1 Å². The Kier molecular flexibility index (Phi) is 4.97. The highest BCUT2D eigenvalue weighted by Crippen LogP contribution is 2.33. The van der Waals surface area contributed by atoms with Crippen LogP contribution >= 0.6 is 11.3 Å². The summed E-state index contributed by atoms with van der Waals surface area (Å²) in [7, 11) is 0. The van der Waals surface area contributed by atoms with Gasteiger partial charge in [0, 0.05) is 25.7 Å². The lowest BCUT2D eigenvalue weighted by molar-refractivity contribution is -0.0268. The Morgan fingerprint density at radius 1 is 1.30 bits per heavy atom. The second kappa shape index (κ2) is 7.40. The Bertz CT molecular complexity index is 828. The minimum Gasteiger partial charge on any atom is -0.390 e. The predicted molar refractivity (Wildman–Crippen MR) is 107 cm³/mol. The van der Waals surface area contributed by atoms with Gasteiger partial charge in [-0.15, -0.1) is 11.3 Å². The minimum absolute atomic E-state index is 0.0344. The zero-order valence-electron chi connectivity index (χ0n) is 15.4. The van der Waals surface area contributed by atoms with Crippen LogP contribution in [-0.2, 0) is 0 Å². The van der Waals surface area contributed by atoms with E-state index < -0.39 is 5.60 Å². The molecule has 2 aliphatic rings. The molecule has 7 heteroatoms. The first-order chi connectivity index (χ1) is 13.1. The number of para-hydroxylation sites is 1. The molecule has 142 valence electrons. The van der Waals surface area contributed by atoms with Crippen LogP contribution in [-0.4, -0.2) is 51.8 Å². The second-order valence-corrected chi connectivity index (χ2v) is 8.21. The average Bonchev–Trinajstić information content (AvgIpc) is 3.31. The largest absolute Gasteiger partial charge is 0.390 e. The van der Waals surface area contributed by atoms with Gasteiger partial charge in [-0.25, -0.2) is 4.98 Å². The first-order valence-corrected chi connectivity index (χ1v) is 10.2. The molecule has 1 unspecified atom stereocenters. The number of hydrogen-bond acceptors (Lipinski definition) is 6. The fraction of sp³-hybridized carbons (Fsp3) is 0.450. The van der Waals surface area contributed by atoms with Gasteiger partial charge in [-0.05, 0) is 38.3 Å². The maximum Gasteiger partial charge on any atom is 0.265 e. The number of aliphatic hydroxyl groups is 1. The van der Waals surface area contributed by atoms with Crippen LogP contribution in [0.2, 0.25) is 0 Å². The lowest BCUT2D eigenvalue weighted by atomic mass is 9.84. The molecule has 1 N–H and O–H groups in total. The number of aryl methyl sites for hydroxylation is 1. The molecule has 1 saturated heterocycles. The molecule has 1 aromatic carbocycles. The van der Waals surface area contributed by atoms with Gasteiger partial charge in [0.1, 0.15) is 4.88 Å². The van der Waals surface area contributed by atoms with Crippen LogP contribution in [0.5, 0.6) is 0 Å². The Hall–Kier alpha value is -2.25. The first kappa shape index (κ1) is 18.1. The van der Waals surface area contributed by atoms with Crippen LogP contribution < -0.4 is 5.01 Å². The maximum atomic E-state index is 12.7. The number of carbonyl (C=O) groups excluding carboxylic acids is 1. The average molecular weight is 385 g/mol. The van der Waals surface area contributed by atoms with Crippen molar-refractivity contribution < 1.29 is 9.90 Å². The summed E-state index contributed by atoms with van der Waals surface area (Å²) in [5.74, 6) is 0.0344. The summed E-state index contributed by atoms with van der Waals surface area (Å²) >= 11 is 1.39. The van der Waals surface area contributed by atoms with Crippen molar-refractivity contribution in [3.8, 4) is 0 Å². The molecular weight excluding hydrogens is 360 g/mol. The number of nitrogens with zero attached hydrogens (tertiary/aromatic N) is 4. The highest BCUT2D eigenvalue weighted by atomic mass is 32.1. The molecule has 2 aliphatic heterocycles. The molecular formula is C20H24N4O2S. The molecule has 0 bridgehead atoms. The SMILES string of the molecule is Cc1ncsc1C(=O)N1CCC(O)(CC2CC=NN2c2ccccc2)CC1. The van der Waals surface area contributed by atoms with E-state index in [1.807, 2.05) is 53.4 Å². The lowest BCUT2D eigenvalue weighted by Gasteiger charge is -2.40. The molecule has 0 saturated carbocycles. The molecule has 27 heavy (non-hydrogen) atoms. The molecule has 1 amide bonds. The summed E-state index contributed by atoms with van der Waals surface area (Å²) in [5, 5.41) is 17.7. The van der Waals surface area contributed by atoms with Crippen LogP contribution in [0.15, 0.2) is 40.9 Å². The zero-order valence-corrected chi connectivity index (χ0v) is 16.2. The molecule has 3 heterocycles. The van der Waals surface area contributed by atoms with Crippen molar-refractivity contribution in [1.29, 1.82) is 0 Å². The number of aromatic nitrogens is 1. The molecule has 6 nitrogen and oxygen atoms in total. The number of hydrazone groups is 1. The maximum absolute atomic E-state index is 12.7. The number of benzene rings is 1. The third kappa shape index (κ3) is 3.75. The van der Waals surface area contributed by atoms with Gasteiger partial charge in [-0.3, -0.25) is 9.80 Å². The Morgan fingerprint density at radius 3 is 2.70 bits per heavy atom. The number of amides is 1. The van der Waals surface area contributed by atoms with Gasteiger partial charge in [-0.1, -0.05) is 18.2 Å². The van der Waals surface area contributed by atoms with Gasteiger partial charge in [0.25, 0.3) is 5.91 Å². The van der Waals surface area contributed by atoms with E-state index in [0.717, 1.165) is 17.8 Å². The summed E-state index contributed by atoms with van der Waals surface area (Å²) in [4.78, 5) is 19.4.